The second-order valence-corrected chi connectivity index (χ2v) is 8.56. The highest BCUT2D eigenvalue weighted by Gasteiger charge is 2.44. The fourth-order valence-electron chi connectivity index (χ4n) is 4.53. The molecular weight excluding hydrogens is 406 g/mol. The molecule has 2 aromatic rings. The number of rotatable bonds is 6. The number of ether oxygens (including phenoxy) is 3. The Bertz CT molecular complexity index is 1040. The number of fused-ring (bicyclic) bond motifs is 1. The van der Waals surface area contributed by atoms with Gasteiger partial charge in [0, 0.05) is 25.9 Å². The van der Waals surface area contributed by atoms with Crippen molar-refractivity contribution in [2.75, 3.05) is 26.3 Å². The summed E-state index contributed by atoms with van der Waals surface area (Å²) in [4.78, 5) is 27.4. The monoisotopic (exact) mass is 435 g/mol. The van der Waals surface area contributed by atoms with Gasteiger partial charge in [0.15, 0.2) is 23.9 Å². The van der Waals surface area contributed by atoms with Crippen molar-refractivity contribution in [2.45, 2.75) is 38.7 Å². The summed E-state index contributed by atoms with van der Waals surface area (Å²) >= 11 is 0. The van der Waals surface area contributed by atoms with Gasteiger partial charge in [0.2, 0.25) is 0 Å². The van der Waals surface area contributed by atoms with Gasteiger partial charge in [-0.15, -0.1) is 0 Å². The molecular formula is C26H29NO5. The van der Waals surface area contributed by atoms with Crippen molar-refractivity contribution < 1.29 is 23.8 Å². The van der Waals surface area contributed by atoms with E-state index in [4.69, 9.17) is 14.2 Å². The molecule has 1 fully saturated rings. The molecule has 1 saturated heterocycles. The van der Waals surface area contributed by atoms with Gasteiger partial charge in [0.1, 0.15) is 18.0 Å². The Morgan fingerprint density at radius 2 is 1.84 bits per heavy atom. The van der Waals surface area contributed by atoms with Gasteiger partial charge in [-0.3, -0.25) is 9.59 Å². The van der Waals surface area contributed by atoms with Gasteiger partial charge >= 0.3 is 0 Å². The molecule has 0 bridgehead atoms. The molecule has 0 aliphatic carbocycles. The van der Waals surface area contributed by atoms with Gasteiger partial charge in [-0.1, -0.05) is 30.9 Å². The third-order valence-corrected chi connectivity index (χ3v) is 6.12. The number of hydrogen-bond donors (Lipinski definition) is 0. The standard InChI is InChI=1S/C26H29NO5/c1-4-13-30-21-7-5-6-8-22(21)31-17-24(29)27-11-9-26(10-12-27)16-20(28)25-19(3)14-18(2)15-23(25)32-26/h4-8,14-15H,1,9-13,16-17H2,2-3H3. The molecule has 0 unspecified atom stereocenters. The second kappa shape index (κ2) is 9.07. The van der Waals surface area contributed by atoms with Crippen molar-refractivity contribution in [1.29, 1.82) is 0 Å². The van der Waals surface area contributed by atoms with Gasteiger partial charge in [0.05, 0.1) is 12.0 Å². The lowest BCUT2D eigenvalue weighted by Crippen LogP contribution is -2.53. The Hall–Kier alpha value is -3.28. The van der Waals surface area contributed by atoms with E-state index in [9.17, 15) is 9.59 Å². The Kier molecular flexibility index (Phi) is 6.21. The summed E-state index contributed by atoms with van der Waals surface area (Å²) < 4.78 is 17.7. The van der Waals surface area contributed by atoms with Crippen LogP contribution in [-0.2, 0) is 4.79 Å². The second-order valence-electron chi connectivity index (χ2n) is 8.56. The highest BCUT2D eigenvalue weighted by atomic mass is 16.5. The number of benzene rings is 2. The zero-order valence-electron chi connectivity index (χ0n) is 18.7. The number of hydrogen-bond acceptors (Lipinski definition) is 5. The highest BCUT2D eigenvalue weighted by Crippen LogP contribution is 2.41. The highest BCUT2D eigenvalue weighted by molar-refractivity contribution is 6.01. The molecule has 2 aliphatic rings. The minimum Gasteiger partial charge on any atom is -0.486 e. The lowest BCUT2D eigenvalue weighted by Gasteiger charge is -2.44. The minimum absolute atomic E-state index is 0.0670. The molecule has 0 aromatic heterocycles. The molecule has 1 amide bonds. The van der Waals surface area contributed by atoms with Crippen LogP contribution in [0.25, 0.3) is 0 Å². The van der Waals surface area contributed by atoms with Crippen LogP contribution in [0.5, 0.6) is 17.2 Å². The predicted molar refractivity (Wildman–Crippen MR) is 122 cm³/mol. The number of Topliss-reactive ketones (excluding diaryl/α,β-unsaturated/α-hetero) is 1. The van der Waals surface area contributed by atoms with Crippen LogP contribution >= 0.6 is 0 Å². The summed E-state index contributed by atoms with van der Waals surface area (Å²) in [6.45, 7) is 8.96. The van der Waals surface area contributed by atoms with E-state index in [0.717, 1.165) is 11.1 Å². The summed E-state index contributed by atoms with van der Waals surface area (Å²) in [5, 5.41) is 0. The van der Waals surface area contributed by atoms with Crippen LogP contribution in [-0.4, -0.2) is 48.5 Å². The van der Waals surface area contributed by atoms with E-state index in [1.54, 1.807) is 23.1 Å². The fourth-order valence-corrected chi connectivity index (χ4v) is 4.53. The Morgan fingerprint density at radius 3 is 2.53 bits per heavy atom. The number of para-hydroxylation sites is 2. The van der Waals surface area contributed by atoms with Gasteiger partial charge in [0.25, 0.3) is 5.91 Å². The van der Waals surface area contributed by atoms with Gasteiger partial charge in [-0.2, -0.15) is 0 Å². The molecule has 6 nitrogen and oxygen atoms in total. The van der Waals surface area contributed by atoms with Crippen molar-refractivity contribution in [1.82, 2.24) is 4.90 Å². The largest absolute Gasteiger partial charge is 0.486 e. The van der Waals surface area contributed by atoms with Crippen LogP contribution in [0.15, 0.2) is 49.1 Å². The lowest BCUT2D eigenvalue weighted by atomic mass is 9.81. The molecule has 1 spiro atoms. The number of nitrogens with zero attached hydrogens (tertiary/aromatic N) is 1. The number of piperidine rings is 1. The summed E-state index contributed by atoms with van der Waals surface area (Å²) in [6.07, 6.45) is 3.26. The maximum absolute atomic E-state index is 12.9. The average Bonchev–Trinajstić information content (AvgIpc) is 2.76. The van der Waals surface area contributed by atoms with Crippen LogP contribution in [0, 0.1) is 13.8 Å². The predicted octanol–water partition coefficient (Wildman–Crippen LogP) is 4.27. The molecule has 2 aromatic carbocycles. The topological polar surface area (TPSA) is 65.1 Å². The number of ketones is 1. The average molecular weight is 436 g/mol. The van der Waals surface area contributed by atoms with Gasteiger partial charge in [-0.05, 0) is 43.2 Å². The van der Waals surface area contributed by atoms with E-state index >= 15 is 0 Å². The Balaban J connectivity index is 1.36. The smallest absolute Gasteiger partial charge is 0.260 e. The number of aryl methyl sites for hydroxylation is 2. The first-order valence-electron chi connectivity index (χ1n) is 11.0. The maximum atomic E-state index is 12.9. The normalized spacial score (nSPS) is 16.8. The van der Waals surface area contributed by atoms with Crippen molar-refractivity contribution in [2.24, 2.45) is 0 Å². The van der Waals surface area contributed by atoms with E-state index in [0.29, 0.717) is 61.8 Å². The van der Waals surface area contributed by atoms with Crippen LogP contribution in [0.2, 0.25) is 0 Å². The SMILES string of the molecule is C=CCOc1ccccc1OCC(=O)N1CCC2(CC1)CC(=O)c1c(C)cc(C)cc1O2. The fraction of sp³-hybridized carbons (Fsp3) is 0.385. The first kappa shape index (κ1) is 21.9. The summed E-state index contributed by atoms with van der Waals surface area (Å²) in [7, 11) is 0. The molecule has 0 N–H and O–H groups in total. The lowest BCUT2D eigenvalue weighted by molar-refractivity contribution is -0.136. The van der Waals surface area contributed by atoms with E-state index in [1.807, 2.05) is 38.1 Å². The number of carbonyl (C=O) groups excluding carboxylic acids is 2. The summed E-state index contributed by atoms with van der Waals surface area (Å²) in [6, 6.07) is 11.2. The van der Waals surface area contributed by atoms with Gasteiger partial charge < -0.3 is 19.1 Å². The Labute approximate surface area is 188 Å². The third-order valence-electron chi connectivity index (χ3n) is 6.12. The minimum atomic E-state index is -0.535. The molecule has 32 heavy (non-hydrogen) atoms. The number of likely N-dealkylation sites (tertiary alicyclic amines) is 1. The molecule has 0 atom stereocenters. The van der Waals surface area contributed by atoms with Crippen LogP contribution in [0.4, 0.5) is 0 Å². The zero-order chi connectivity index (χ0) is 22.7. The molecule has 168 valence electrons. The van der Waals surface area contributed by atoms with E-state index < -0.39 is 5.60 Å². The zero-order valence-corrected chi connectivity index (χ0v) is 18.7. The van der Waals surface area contributed by atoms with E-state index in [-0.39, 0.29) is 18.3 Å². The van der Waals surface area contributed by atoms with Crippen LogP contribution in [0.1, 0.15) is 40.7 Å². The summed E-state index contributed by atoms with van der Waals surface area (Å²) in [5.74, 6) is 1.82. The van der Waals surface area contributed by atoms with Crippen LogP contribution in [0.3, 0.4) is 0 Å². The first-order valence-corrected chi connectivity index (χ1v) is 11.0. The molecule has 6 heteroatoms. The van der Waals surface area contributed by atoms with Crippen molar-refractivity contribution >= 4 is 11.7 Å². The van der Waals surface area contributed by atoms with E-state index in [1.165, 1.54) is 0 Å². The maximum Gasteiger partial charge on any atom is 0.260 e. The molecule has 2 heterocycles. The van der Waals surface area contributed by atoms with Crippen molar-refractivity contribution in [3.63, 3.8) is 0 Å². The first-order chi connectivity index (χ1) is 15.4. The van der Waals surface area contributed by atoms with E-state index in [2.05, 4.69) is 6.58 Å². The van der Waals surface area contributed by atoms with Crippen molar-refractivity contribution in [3.05, 3.63) is 65.7 Å². The molecule has 0 radical (unpaired) electrons. The molecule has 4 rings (SSSR count). The quantitative estimate of drug-likeness (QED) is 0.634. The van der Waals surface area contributed by atoms with Crippen molar-refractivity contribution in [3.8, 4) is 17.2 Å². The molecule has 2 aliphatic heterocycles. The third kappa shape index (κ3) is 4.49. The van der Waals surface area contributed by atoms with Gasteiger partial charge in [-0.25, -0.2) is 0 Å². The van der Waals surface area contributed by atoms with Crippen LogP contribution < -0.4 is 14.2 Å². The number of amides is 1. The number of carbonyl (C=O) groups is 2. The Morgan fingerprint density at radius 1 is 1.16 bits per heavy atom. The molecule has 0 saturated carbocycles. The summed E-state index contributed by atoms with van der Waals surface area (Å²) in [5.41, 5.74) is 2.20.